The van der Waals surface area contributed by atoms with Crippen LogP contribution in [0.4, 0.5) is 5.69 Å². The fourth-order valence-corrected chi connectivity index (χ4v) is 1.87. The van der Waals surface area contributed by atoms with Crippen LogP contribution in [0.15, 0.2) is 18.2 Å². The lowest BCUT2D eigenvalue weighted by atomic mass is 10.2. The summed E-state index contributed by atoms with van der Waals surface area (Å²) in [4.78, 5) is 5.82. The second-order valence-electron chi connectivity index (χ2n) is 4.11. The Hall–Kier alpha value is -1.22. The van der Waals surface area contributed by atoms with Gasteiger partial charge in [-0.3, -0.25) is 0 Å². The zero-order chi connectivity index (χ0) is 10.7. The second-order valence-corrected chi connectivity index (χ2v) is 4.11. The minimum atomic E-state index is 0.790. The molecule has 3 nitrogen and oxygen atoms in total. The summed E-state index contributed by atoms with van der Waals surface area (Å²) in [6.07, 6.45) is 3.78. The zero-order valence-corrected chi connectivity index (χ0v) is 9.20. The van der Waals surface area contributed by atoms with Gasteiger partial charge >= 0.3 is 0 Å². The Bertz CT molecular complexity index is 332. The molecule has 1 fully saturated rings. The molecule has 0 unspecified atom stereocenters. The summed E-state index contributed by atoms with van der Waals surface area (Å²) >= 11 is 0. The predicted octanol–water partition coefficient (Wildman–Crippen LogP) is 2.36. The van der Waals surface area contributed by atoms with Crippen molar-refractivity contribution in [2.24, 2.45) is 0 Å². The number of aryl methyl sites for hydroxylation is 1. The smallest absolute Gasteiger partial charge is 0.150 e. The average molecular weight is 206 g/mol. The number of rotatable bonds is 2. The third kappa shape index (κ3) is 2.63. The molecule has 0 aliphatic carbocycles. The van der Waals surface area contributed by atoms with Crippen molar-refractivity contribution in [1.29, 1.82) is 0 Å². The van der Waals surface area contributed by atoms with E-state index in [9.17, 15) is 0 Å². The lowest BCUT2D eigenvalue weighted by molar-refractivity contribution is -0.0725. The van der Waals surface area contributed by atoms with Gasteiger partial charge in [0.15, 0.2) is 5.75 Å². The molecule has 0 saturated carbocycles. The van der Waals surface area contributed by atoms with E-state index >= 15 is 0 Å². The normalized spacial score (nSPS) is 17.7. The molecule has 1 aliphatic heterocycles. The maximum atomic E-state index is 5.82. The topological polar surface area (TPSA) is 38.5 Å². The van der Waals surface area contributed by atoms with Crippen LogP contribution in [0.1, 0.15) is 24.8 Å². The number of benzene rings is 1. The van der Waals surface area contributed by atoms with E-state index in [1.54, 1.807) is 0 Å². The Kier molecular flexibility index (Phi) is 3.11. The van der Waals surface area contributed by atoms with Gasteiger partial charge in [0, 0.05) is 18.8 Å². The number of hydroxylamine groups is 2. The molecule has 0 spiro atoms. The van der Waals surface area contributed by atoms with Crippen molar-refractivity contribution in [2.45, 2.75) is 26.2 Å². The number of hydrogen-bond acceptors (Lipinski definition) is 3. The maximum absolute atomic E-state index is 5.82. The number of nitrogens with zero attached hydrogens (tertiary/aromatic N) is 1. The van der Waals surface area contributed by atoms with Gasteiger partial charge < -0.3 is 10.6 Å². The van der Waals surface area contributed by atoms with Crippen LogP contribution < -0.4 is 10.6 Å². The highest BCUT2D eigenvalue weighted by Gasteiger charge is 2.12. The van der Waals surface area contributed by atoms with E-state index < -0.39 is 0 Å². The van der Waals surface area contributed by atoms with Crippen molar-refractivity contribution in [2.75, 3.05) is 18.8 Å². The Morgan fingerprint density at radius 3 is 2.60 bits per heavy atom. The highest BCUT2D eigenvalue weighted by Crippen LogP contribution is 2.22. The molecule has 0 bridgehead atoms. The molecule has 0 radical (unpaired) electrons. The Balaban J connectivity index is 2.03. The van der Waals surface area contributed by atoms with E-state index in [2.05, 4.69) is 0 Å². The fourth-order valence-electron chi connectivity index (χ4n) is 1.87. The van der Waals surface area contributed by atoms with Crippen LogP contribution in [0, 0.1) is 6.92 Å². The molecule has 1 aromatic rings. The summed E-state index contributed by atoms with van der Waals surface area (Å²) in [5, 5.41) is 2.04. The van der Waals surface area contributed by atoms with Crippen LogP contribution in [0.2, 0.25) is 0 Å². The first-order chi connectivity index (χ1) is 7.25. The van der Waals surface area contributed by atoms with Gasteiger partial charge in [-0.1, -0.05) is 6.42 Å². The van der Waals surface area contributed by atoms with Gasteiger partial charge in [0.25, 0.3) is 0 Å². The highest BCUT2D eigenvalue weighted by molar-refractivity contribution is 5.47. The van der Waals surface area contributed by atoms with Gasteiger partial charge in [0.1, 0.15) is 0 Å². The summed E-state index contributed by atoms with van der Waals surface area (Å²) in [7, 11) is 0. The van der Waals surface area contributed by atoms with E-state index in [0.29, 0.717) is 0 Å². The third-order valence-corrected chi connectivity index (χ3v) is 2.74. The van der Waals surface area contributed by atoms with E-state index in [1.165, 1.54) is 19.3 Å². The molecule has 1 saturated heterocycles. The molecule has 15 heavy (non-hydrogen) atoms. The summed E-state index contributed by atoms with van der Waals surface area (Å²) in [6.45, 7) is 4.09. The van der Waals surface area contributed by atoms with E-state index in [0.717, 1.165) is 30.1 Å². The molecule has 0 atom stereocenters. The third-order valence-electron chi connectivity index (χ3n) is 2.74. The molecule has 2 N–H and O–H groups in total. The number of nitrogen functional groups attached to an aromatic ring is 1. The van der Waals surface area contributed by atoms with Gasteiger partial charge in [-0.25, -0.2) is 0 Å². The lowest BCUT2D eigenvalue weighted by Gasteiger charge is -2.26. The van der Waals surface area contributed by atoms with Crippen LogP contribution in [-0.4, -0.2) is 18.2 Å². The Morgan fingerprint density at radius 1 is 1.20 bits per heavy atom. The van der Waals surface area contributed by atoms with Gasteiger partial charge in [-0.05, 0) is 43.5 Å². The first-order valence-electron chi connectivity index (χ1n) is 5.55. The Morgan fingerprint density at radius 2 is 1.93 bits per heavy atom. The SMILES string of the molecule is Cc1cc(N)ccc1ON1CCCCC1. The van der Waals surface area contributed by atoms with Gasteiger partial charge in [0.05, 0.1) is 0 Å². The number of piperidine rings is 1. The average Bonchev–Trinajstić information content (AvgIpc) is 2.24. The van der Waals surface area contributed by atoms with Crippen LogP contribution in [0.25, 0.3) is 0 Å². The molecule has 2 rings (SSSR count). The second kappa shape index (κ2) is 4.53. The predicted molar refractivity (Wildman–Crippen MR) is 61.6 cm³/mol. The summed E-state index contributed by atoms with van der Waals surface area (Å²) < 4.78 is 0. The number of hydrogen-bond donors (Lipinski definition) is 1. The van der Waals surface area contributed by atoms with Crippen LogP contribution >= 0.6 is 0 Å². The van der Waals surface area contributed by atoms with Crippen molar-refractivity contribution < 1.29 is 4.84 Å². The number of anilines is 1. The zero-order valence-electron chi connectivity index (χ0n) is 9.20. The molecule has 1 heterocycles. The van der Waals surface area contributed by atoms with E-state index in [-0.39, 0.29) is 0 Å². The largest absolute Gasteiger partial charge is 0.406 e. The molecule has 82 valence electrons. The van der Waals surface area contributed by atoms with Crippen molar-refractivity contribution in [1.82, 2.24) is 5.06 Å². The first-order valence-corrected chi connectivity index (χ1v) is 5.55. The van der Waals surface area contributed by atoms with Gasteiger partial charge in [0.2, 0.25) is 0 Å². The van der Waals surface area contributed by atoms with Crippen molar-refractivity contribution in [3.05, 3.63) is 23.8 Å². The number of nitrogens with two attached hydrogens (primary N) is 1. The van der Waals surface area contributed by atoms with Crippen molar-refractivity contribution >= 4 is 5.69 Å². The summed E-state index contributed by atoms with van der Waals surface area (Å²) in [6, 6.07) is 5.77. The van der Waals surface area contributed by atoms with Crippen LogP contribution in [0.3, 0.4) is 0 Å². The van der Waals surface area contributed by atoms with Crippen molar-refractivity contribution in [3.63, 3.8) is 0 Å². The van der Waals surface area contributed by atoms with E-state index in [4.69, 9.17) is 10.6 Å². The van der Waals surface area contributed by atoms with Crippen LogP contribution in [-0.2, 0) is 0 Å². The molecule has 0 aromatic heterocycles. The standard InChI is InChI=1S/C12H18N2O/c1-10-9-11(13)5-6-12(10)15-14-7-3-2-4-8-14/h5-6,9H,2-4,7-8,13H2,1H3. The lowest BCUT2D eigenvalue weighted by Crippen LogP contribution is -2.33. The first kappa shape index (κ1) is 10.3. The minimum Gasteiger partial charge on any atom is -0.406 e. The highest BCUT2D eigenvalue weighted by atomic mass is 16.7. The summed E-state index contributed by atoms with van der Waals surface area (Å²) in [5.41, 5.74) is 7.58. The van der Waals surface area contributed by atoms with Gasteiger partial charge in [-0.2, -0.15) is 0 Å². The molecular weight excluding hydrogens is 188 g/mol. The molecular formula is C12H18N2O. The monoisotopic (exact) mass is 206 g/mol. The fraction of sp³-hybridized carbons (Fsp3) is 0.500. The molecule has 1 aliphatic rings. The molecule has 0 amide bonds. The Labute approximate surface area is 90.8 Å². The maximum Gasteiger partial charge on any atom is 0.150 e. The van der Waals surface area contributed by atoms with Crippen LogP contribution in [0.5, 0.6) is 5.75 Å². The van der Waals surface area contributed by atoms with Gasteiger partial charge in [-0.15, -0.1) is 5.06 Å². The minimum absolute atomic E-state index is 0.790. The van der Waals surface area contributed by atoms with Crippen molar-refractivity contribution in [3.8, 4) is 5.75 Å². The van der Waals surface area contributed by atoms with E-state index in [1.807, 2.05) is 30.2 Å². The molecule has 3 heteroatoms. The quantitative estimate of drug-likeness (QED) is 0.755. The molecule has 1 aromatic carbocycles. The summed E-state index contributed by atoms with van der Waals surface area (Å²) in [5.74, 6) is 0.922.